The second-order valence-electron chi connectivity index (χ2n) is 7.27. The summed E-state index contributed by atoms with van der Waals surface area (Å²) in [4.78, 5) is 10.4. The lowest BCUT2D eigenvalue weighted by Gasteiger charge is -2.23. The maximum Gasteiger partial charge on any atom is 0.303 e. The number of carbonyl (C=O) groups is 1. The highest BCUT2D eigenvalue weighted by molar-refractivity contribution is 5.66. The zero-order chi connectivity index (χ0) is 18.8. The molecule has 0 saturated carbocycles. The first kappa shape index (κ1) is 23.7. The van der Waals surface area contributed by atoms with Crippen LogP contribution < -0.4 is 0 Å². The van der Waals surface area contributed by atoms with Crippen molar-refractivity contribution in [3.8, 4) is 0 Å². The average molecular weight is 349 g/mol. The molecule has 0 aliphatic heterocycles. The van der Waals surface area contributed by atoms with Gasteiger partial charge < -0.3 is 5.11 Å². The fourth-order valence-electron chi connectivity index (χ4n) is 2.77. The summed E-state index contributed by atoms with van der Waals surface area (Å²) < 4.78 is 0. The van der Waals surface area contributed by atoms with E-state index in [0.29, 0.717) is 11.8 Å². The van der Waals surface area contributed by atoms with Crippen molar-refractivity contribution in [3.63, 3.8) is 0 Å². The van der Waals surface area contributed by atoms with E-state index in [0.717, 1.165) is 44.9 Å². The lowest BCUT2D eigenvalue weighted by Crippen LogP contribution is -2.11. The second-order valence-corrected chi connectivity index (χ2v) is 7.27. The van der Waals surface area contributed by atoms with E-state index >= 15 is 0 Å². The predicted molar refractivity (Wildman–Crippen MR) is 110 cm³/mol. The van der Waals surface area contributed by atoms with Crippen LogP contribution in [0.5, 0.6) is 0 Å². The van der Waals surface area contributed by atoms with Crippen LogP contribution in [0.2, 0.25) is 0 Å². The van der Waals surface area contributed by atoms with E-state index in [1.165, 1.54) is 25.7 Å². The SMILES string of the molecule is CCCCC(C)(/C=C/C/C=C/C/C=C/CCCCCCC(=O)O)CC. The van der Waals surface area contributed by atoms with Gasteiger partial charge in [-0.25, -0.2) is 0 Å². The maximum atomic E-state index is 10.4. The van der Waals surface area contributed by atoms with Gasteiger partial charge >= 0.3 is 5.97 Å². The fraction of sp³-hybridized carbons (Fsp3) is 0.696. The molecule has 0 aromatic carbocycles. The second kappa shape index (κ2) is 16.2. The molecule has 0 aliphatic carbocycles. The molecular weight excluding hydrogens is 308 g/mol. The molecule has 0 spiro atoms. The van der Waals surface area contributed by atoms with Gasteiger partial charge in [-0.2, -0.15) is 0 Å². The maximum absolute atomic E-state index is 10.4. The molecule has 2 heteroatoms. The van der Waals surface area contributed by atoms with Crippen LogP contribution in [0.1, 0.15) is 97.8 Å². The lowest BCUT2D eigenvalue weighted by atomic mass is 9.82. The van der Waals surface area contributed by atoms with Crippen LogP contribution >= 0.6 is 0 Å². The highest BCUT2D eigenvalue weighted by Crippen LogP contribution is 2.29. The Hall–Kier alpha value is -1.31. The number of rotatable bonds is 16. The third-order valence-electron chi connectivity index (χ3n) is 4.82. The summed E-state index contributed by atoms with van der Waals surface area (Å²) in [5.41, 5.74) is 0.369. The van der Waals surface area contributed by atoms with E-state index in [2.05, 4.69) is 57.2 Å². The summed E-state index contributed by atoms with van der Waals surface area (Å²) in [7, 11) is 0. The minimum absolute atomic E-state index is 0.311. The third kappa shape index (κ3) is 15.9. The molecule has 0 fully saturated rings. The molecule has 1 unspecified atom stereocenters. The van der Waals surface area contributed by atoms with Gasteiger partial charge in [-0.3, -0.25) is 4.79 Å². The number of hydrogen-bond acceptors (Lipinski definition) is 1. The molecule has 0 amide bonds. The quantitative estimate of drug-likeness (QED) is 0.232. The molecule has 0 saturated heterocycles. The fourth-order valence-corrected chi connectivity index (χ4v) is 2.77. The summed E-state index contributed by atoms with van der Waals surface area (Å²) in [5, 5.41) is 8.56. The first-order valence-corrected chi connectivity index (χ1v) is 10.2. The van der Waals surface area contributed by atoms with E-state index in [1.807, 2.05) is 0 Å². The van der Waals surface area contributed by atoms with E-state index < -0.39 is 5.97 Å². The monoisotopic (exact) mass is 348 g/mol. The third-order valence-corrected chi connectivity index (χ3v) is 4.82. The molecule has 1 N–H and O–H groups in total. The first-order chi connectivity index (χ1) is 12.0. The van der Waals surface area contributed by atoms with Crippen LogP contribution in [-0.2, 0) is 4.79 Å². The van der Waals surface area contributed by atoms with Crippen molar-refractivity contribution in [2.45, 2.75) is 97.8 Å². The number of unbranched alkanes of at least 4 members (excludes halogenated alkanes) is 5. The number of hydrogen-bond donors (Lipinski definition) is 1. The van der Waals surface area contributed by atoms with E-state index in [1.54, 1.807) is 0 Å². The molecule has 0 bridgehead atoms. The Labute approximate surface area is 156 Å². The number of allylic oxidation sites excluding steroid dienone is 6. The summed E-state index contributed by atoms with van der Waals surface area (Å²) in [6, 6.07) is 0. The lowest BCUT2D eigenvalue weighted by molar-refractivity contribution is -0.137. The molecule has 25 heavy (non-hydrogen) atoms. The molecule has 1 atom stereocenters. The zero-order valence-corrected chi connectivity index (χ0v) is 16.8. The predicted octanol–water partition coefficient (Wildman–Crippen LogP) is 7.47. The molecule has 0 aromatic heterocycles. The van der Waals surface area contributed by atoms with Crippen molar-refractivity contribution >= 4 is 5.97 Å². The Kier molecular flexibility index (Phi) is 15.3. The number of carboxylic acids is 1. The summed E-state index contributed by atoms with van der Waals surface area (Å²) in [6.45, 7) is 6.91. The number of carboxylic acid groups (broad SMARTS) is 1. The summed E-state index contributed by atoms with van der Waals surface area (Å²) in [5.74, 6) is -0.679. The molecule has 0 aromatic rings. The average Bonchev–Trinajstić information content (AvgIpc) is 2.60. The van der Waals surface area contributed by atoms with Gasteiger partial charge in [0.1, 0.15) is 0 Å². The van der Waals surface area contributed by atoms with Crippen LogP contribution in [0.15, 0.2) is 36.5 Å². The topological polar surface area (TPSA) is 37.3 Å². The van der Waals surface area contributed by atoms with Crippen molar-refractivity contribution < 1.29 is 9.90 Å². The van der Waals surface area contributed by atoms with Gasteiger partial charge in [-0.15, -0.1) is 0 Å². The minimum Gasteiger partial charge on any atom is -0.481 e. The van der Waals surface area contributed by atoms with Gasteiger partial charge in [0.2, 0.25) is 0 Å². The Morgan fingerprint density at radius 3 is 2.16 bits per heavy atom. The molecule has 0 heterocycles. The van der Waals surface area contributed by atoms with Gasteiger partial charge in [0, 0.05) is 6.42 Å². The first-order valence-electron chi connectivity index (χ1n) is 10.2. The van der Waals surface area contributed by atoms with E-state index in [9.17, 15) is 4.79 Å². The van der Waals surface area contributed by atoms with Crippen LogP contribution in [-0.4, -0.2) is 11.1 Å². The number of aliphatic carboxylic acids is 1. The Morgan fingerprint density at radius 1 is 0.880 bits per heavy atom. The molecule has 0 rings (SSSR count). The molecule has 0 aliphatic rings. The van der Waals surface area contributed by atoms with Crippen LogP contribution in [0.3, 0.4) is 0 Å². The Balaban J connectivity index is 3.67. The van der Waals surface area contributed by atoms with Crippen molar-refractivity contribution in [3.05, 3.63) is 36.5 Å². The van der Waals surface area contributed by atoms with Crippen molar-refractivity contribution in [2.24, 2.45) is 5.41 Å². The van der Waals surface area contributed by atoms with E-state index in [4.69, 9.17) is 5.11 Å². The highest BCUT2D eigenvalue weighted by atomic mass is 16.4. The van der Waals surface area contributed by atoms with Crippen molar-refractivity contribution in [1.82, 2.24) is 0 Å². The minimum atomic E-state index is -0.679. The van der Waals surface area contributed by atoms with Gasteiger partial charge in [-0.05, 0) is 50.4 Å². The van der Waals surface area contributed by atoms with E-state index in [-0.39, 0.29) is 0 Å². The molecular formula is C23H40O2. The zero-order valence-electron chi connectivity index (χ0n) is 16.8. The Bertz CT molecular complexity index is 406. The Morgan fingerprint density at radius 2 is 1.52 bits per heavy atom. The van der Waals surface area contributed by atoms with Gasteiger partial charge in [0.15, 0.2) is 0 Å². The normalized spacial score (nSPS) is 14.7. The van der Waals surface area contributed by atoms with Crippen LogP contribution in [0.4, 0.5) is 0 Å². The van der Waals surface area contributed by atoms with Gasteiger partial charge in [0.25, 0.3) is 0 Å². The van der Waals surface area contributed by atoms with Crippen LogP contribution in [0, 0.1) is 5.41 Å². The van der Waals surface area contributed by atoms with Gasteiger partial charge in [-0.1, -0.05) is 82.9 Å². The smallest absolute Gasteiger partial charge is 0.303 e. The van der Waals surface area contributed by atoms with Gasteiger partial charge in [0.05, 0.1) is 0 Å². The molecule has 0 radical (unpaired) electrons. The van der Waals surface area contributed by atoms with Crippen molar-refractivity contribution in [1.29, 1.82) is 0 Å². The highest BCUT2D eigenvalue weighted by Gasteiger charge is 2.16. The standard InChI is InChI=1S/C23H40O2/c1-4-6-20-23(3,5-2)21-18-16-14-12-10-8-7-9-11-13-15-17-19-22(24)25/h7-8,12,14,18,21H,4-6,9-11,13,15-17,19-20H2,1-3H3,(H,24,25)/b8-7+,14-12+,21-18+. The summed E-state index contributed by atoms with van der Waals surface area (Å²) >= 11 is 0. The summed E-state index contributed by atoms with van der Waals surface area (Å²) in [6.07, 6.45) is 26.4. The largest absolute Gasteiger partial charge is 0.481 e. The molecule has 144 valence electrons. The van der Waals surface area contributed by atoms with Crippen molar-refractivity contribution in [2.75, 3.05) is 0 Å². The van der Waals surface area contributed by atoms with Crippen LogP contribution in [0.25, 0.3) is 0 Å². The molecule has 2 nitrogen and oxygen atoms in total.